The van der Waals surface area contributed by atoms with Crippen molar-refractivity contribution in [1.82, 2.24) is 4.57 Å². The molecule has 3 rings (SSSR count). The molecule has 1 heterocycles. The van der Waals surface area contributed by atoms with E-state index in [1.165, 1.54) is 0 Å². The maximum atomic E-state index is 13.1. The lowest BCUT2D eigenvalue weighted by atomic mass is 10.2. The van der Waals surface area contributed by atoms with Crippen LogP contribution in [0.5, 0.6) is 0 Å². The van der Waals surface area contributed by atoms with Gasteiger partial charge in [0, 0.05) is 12.0 Å². The van der Waals surface area contributed by atoms with Crippen LogP contribution >= 0.6 is 11.6 Å². The number of rotatable bonds is 3. The normalized spacial score (nSPS) is 11.9. The number of aromatic nitrogens is 2. The smallest absolute Gasteiger partial charge is 0.240 e. The van der Waals surface area contributed by atoms with E-state index in [9.17, 15) is 4.79 Å². The molecule has 0 fully saturated rings. The Bertz CT molecular complexity index is 998. The van der Waals surface area contributed by atoms with E-state index in [1.807, 2.05) is 75.4 Å². The molecule has 0 saturated heterocycles. The monoisotopic (exact) mass is 339 g/mol. The molecular weight excluding hydrogens is 320 g/mol. The van der Waals surface area contributed by atoms with Crippen molar-refractivity contribution in [1.29, 1.82) is 0 Å². The number of benzene rings is 2. The number of aryl methyl sites for hydroxylation is 1. The van der Waals surface area contributed by atoms with E-state index in [4.69, 9.17) is 11.6 Å². The van der Waals surface area contributed by atoms with Crippen LogP contribution < -0.4 is 10.1 Å². The molecule has 122 valence electrons. The van der Waals surface area contributed by atoms with Crippen molar-refractivity contribution in [3.8, 4) is 5.69 Å². The highest BCUT2D eigenvalue weighted by Crippen LogP contribution is 2.13. The van der Waals surface area contributed by atoms with Crippen LogP contribution in [-0.4, -0.2) is 4.57 Å². The highest BCUT2D eigenvalue weighted by atomic mass is 35.5. The lowest BCUT2D eigenvalue weighted by molar-refractivity contribution is -0.671. The van der Waals surface area contributed by atoms with Gasteiger partial charge in [-0.1, -0.05) is 35.9 Å². The molecule has 0 radical (unpaired) electrons. The number of hydrogen-bond donors (Lipinski definition) is 0. The number of allylic oxidation sites excluding steroid dienone is 2. The van der Waals surface area contributed by atoms with Crippen LogP contribution in [0, 0.1) is 13.8 Å². The summed E-state index contributed by atoms with van der Waals surface area (Å²) in [5, 5.41) is 1.43. The summed E-state index contributed by atoms with van der Waals surface area (Å²) in [7, 11) is 0. The molecule has 2 aromatic carbocycles. The van der Waals surface area contributed by atoms with E-state index in [0.717, 1.165) is 27.6 Å². The van der Waals surface area contributed by atoms with Gasteiger partial charge in [0.1, 0.15) is 23.1 Å². The van der Waals surface area contributed by atoms with Gasteiger partial charge in [-0.25, -0.2) is 9.36 Å². The molecule has 0 amide bonds. The molecule has 0 aliphatic carbocycles. The van der Waals surface area contributed by atoms with Crippen molar-refractivity contribution in [3.05, 3.63) is 81.4 Å². The minimum absolute atomic E-state index is 0.00322. The summed E-state index contributed by atoms with van der Waals surface area (Å²) in [6, 6.07) is 15.7. The van der Waals surface area contributed by atoms with E-state index in [0.29, 0.717) is 11.9 Å². The van der Waals surface area contributed by atoms with Crippen LogP contribution in [0.1, 0.15) is 18.3 Å². The molecule has 0 unspecified atom stereocenters. The topological polar surface area (TPSA) is 25.9 Å². The number of hydrogen-bond acceptors (Lipinski definition) is 1. The Labute approximate surface area is 146 Å². The summed E-state index contributed by atoms with van der Waals surface area (Å²) in [6.07, 6.45) is 1.95. The number of halogens is 1. The summed E-state index contributed by atoms with van der Waals surface area (Å²) in [4.78, 5) is 13.1. The lowest BCUT2D eigenvalue weighted by Gasteiger charge is -2.11. The number of fused-ring (bicyclic) bond motifs is 1. The summed E-state index contributed by atoms with van der Waals surface area (Å²) in [6.45, 7) is 6.47. The third-order valence-electron chi connectivity index (χ3n) is 4.16. The van der Waals surface area contributed by atoms with Gasteiger partial charge < -0.3 is 0 Å². The molecule has 24 heavy (non-hydrogen) atoms. The Morgan fingerprint density at radius 2 is 1.92 bits per heavy atom. The molecule has 3 nitrogen and oxygen atoms in total. The van der Waals surface area contributed by atoms with Gasteiger partial charge in [0.15, 0.2) is 0 Å². The number of nitrogens with zero attached hydrogens (tertiary/aromatic N) is 2. The molecule has 1 aromatic heterocycles. The van der Waals surface area contributed by atoms with Gasteiger partial charge in [-0.15, -0.1) is 0 Å². The van der Waals surface area contributed by atoms with E-state index < -0.39 is 0 Å². The van der Waals surface area contributed by atoms with Crippen LogP contribution in [0.15, 0.2) is 64.4 Å². The van der Waals surface area contributed by atoms with Crippen molar-refractivity contribution in [2.45, 2.75) is 27.3 Å². The van der Waals surface area contributed by atoms with Gasteiger partial charge in [0.2, 0.25) is 0 Å². The second kappa shape index (κ2) is 6.62. The first-order valence-corrected chi connectivity index (χ1v) is 8.30. The summed E-state index contributed by atoms with van der Waals surface area (Å²) in [5.41, 5.74) is 2.91. The first-order valence-electron chi connectivity index (χ1n) is 7.92. The van der Waals surface area contributed by atoms with Gasteiger partial charge in [-0.05, 0) is 49.8 Å². The molecule has 0 N–H and O–H groups in total. The van der Waals surface area contributed by atoms with Gasteiger partial charge in [-0.2, -0.15) is 4.57 Å². The van der Waals surface area contributed by atoms with Gasteiger partial charge >= 0.3 is 5.56 Å². The lowest BCUT2D eigenvalue weighted by Crippen LogP contribution is -2.44. The Hall–Kier alpha value is -2.39. The zero-order chi connectivity index (χ0) is 17.3. The molecule has 0 aliphatic heterocycles. The molecule has 0 bridgehead atoms. The van der Waals surface area contributed by atoms with Gasteiger partial charge in [-0.3, -0.25) is 0 Å². The van der Waals surface area contributed by atoms with Crippen molar-refractivity contribution < 1.29 is 4.57 Å². The molecule has 4 heteroatoms. The highest BCUT2D eigenvalue weighted by Gasteiger charge is 2.21. The summed E-state index contributed by atoms with van der Waals surface area (Å²) in [5.74, 6) is 0.874. The SMILES string of the molecule is C/C(Cl)=C\C[n+]1c(C)n(-c2cccc(C)c2)c(=O)c2ccccc21. The maximum absolute atomic E-state index is 13.1. The maximum Gasteiger partial charge on any atom is 0.350 e. The van der Waals surface area contributed by atoms with Crippen LogP contribution in [0.3, 0.4) is 0 Å². The summed E-state index contributed by atoms with van der Waals surface area (Å²) >= 11 is 6.02. The first-order chi connectivity index (χ1) is 11.5. The minimum atomic E-state index is -0.00322. The average molecular weight is 340 g/mol. The fourth-order valence-electron chi connectivity index (χ4n) is 2.97. The predicted molar refractivity (Wildman–Crippen MR) is 98.8 cm³/mol. The molecular formula is C20H20ClN2O+. The molecule has 0 aliphatic rings. The average Bonchev–Trinajstić information content (AvgIpc) is 2.55. The number of para-hydroxylation sites is 1. The standard InChI is InChI=1S/C20H20ClN2O/c1-14-7-6-8-17(13-14)23-16(3)22(12-11-15(2)21)19-10-5-4-9-18(19)20(23)24/h4-11,13H,12H2,1-3H3/q+1/b15-11+. The third-order valence-corrected chi connectivity index (χ3v) is 4.31. The van der Waals surface area contributed by atoms with Crippen LogP contribution in [0.4, 0.5) is 0 Å². The van der Waals surface area contributed by atoms with Crippen LogP contribution in [-0.2, 0) is 6.54 Å². The molecule has 0 saturated carbocycles. The Morgan fingerprint density at radius 1 is 1.17 bits per heavy atom. The predicted octanol–water partition coefficient (Wildman–Crippen LogP) is 4.04. The largest absolute Gasteiger partial charge is 0.350 e. The molecule has 0 spiro atoms. The molecule has 3 aromatic rings. The second-order valence-corrected chi connectivity index (χ2v) is 6.54. The van der Waals surface area contributed by atoms with E-state index in [2.05, 4.69) is 4.57 Å². The first kappa shape index (κ1) is 16.5. The van der Waals surface area contributed by atoms with Crippen LogP contribution in [0.25, 0.3) is 16.6 Å². The van der Waals surface area contributed by atoms with Crippen molar-refractivity contribution in [2.24, 2.45) is 0 Å². The fourth-order valence-corrected chi connectivity index (χ4v) is 3.04. The third kappa shape index (κ3) is 3.00. The van der Waals surface area contributed by atoms with E-state index in [-0.39, 0.29) is 5.56 Å². The van der Waals surface area contributed by atoms with Crippen LogP contribution in [0.2, 0.25) is 0 Å². The van der Waals surface area contributed by atoms with Crippen molar-refractivity contribution in [3.63, 3.8) is 0 Å². The van der Waals surface area contributed by atoms with E-state index in [1.54, 1.807) is 4.57 Å². The zero-order valence-corrected chi connectivity index (χ0v) is 14.8. The fraction of sp³-hybridized carbons (Fsp3) is 0.200. The molecule has 0 atom stereocenters. The van der Waals surface area contributed by atoms with Gasteiger partial charge in [0.05, 0.1) is 0 Å². The second-order valence-electron chi connectivity index (χ2n) is 5.95. The zero-order valence-electron chi connectivity index (χ0n) is 14.1. The highest BCUT2D eigenvalue weighted by molar-refractivity contribution is 6.29. The van der Waals surface area contributed by atoms with Crippen molar-refractivity contribution in [2.75, 3.05) is 0 Å². The minimum Gasteiger partial charge on any atom is -0.240 e. The summed E-state index contributed by atoms with van der Waals surface area (Å²) < 4.78 is 3.89. The van der Waals surface area contributed by atoms with E-state index >= 15 is 0 Å². The van der Waals surface area contributed by atoms with Gasteiger partial charge in [0.25, 0.3) is 5.82 Å². The Morgan fingerprint density at radius 3 is 2.62 bits per heavy atom. The Balaban J connectivity index is 2.38. The quantitative estimate of drug-likeness (QED) is 0.661. The Kier molecular flexibility index (Phi) is 4.54. The van der Waals surface area contributed by atoms with Crippen molar-refractivity contribution >= 4 is 22.5 Å².